The van der Waals surface area contributed by atoms with E-state index in [0.717, 1.165) is 54.8 Å². The summed E-state index contributed by atoms with van der Waals surface area (Å²) in [5.74, 6) is 1.18. The molecule has 0 heterocycles. The molecule has 0 radical (unpaired) electrons. The van der Waals surface area contributed by atoms with Crippen molar-refractivity contribution >= 4 is 17.8 Å². The van der Waals surface area contributed by atoms with Crippen molar-refractivity contribution in [3.8, 4) is 0 Å². The van der Waals surface area contributed by atoms with Crippen molar-refractivity contribution in [3.05, 3.63) is 75.9 Å². The van der Waals surface area contributed by atoms with Gasteiger partial charge in [-0.2, -0.15) is 0 Å². The smallest absolute Gasteiger partial charge is 0.251 e. The molecule has 4 rings (SSSR count). The summed E-state index contributed by atoms with van der Waals surface area (Å²) in [7, 11) is 0. The predicted octanol–water partition coefficient (Wildman–Crippen LogP) is 9.27. The van der Waals surface area contributed by atoms with Crippen LogP contribution >= 0.6 is 0 Å². The number of hydrogen-bond donors (Lipinski definition) is 1. The molecule has 0 spiro atoms. The molecule has 0 saturated carbocycles. The Morgan fingerprint density at radius 1 is 0.974 bits per heavy atom. The largest absolute Gasteiger partial charge is 0.352 e. The number of allylic oxidation sites excluding steroid dienone is 1. The summed E-state index contributed by atoms with van der Waals surface area (Å²) in [5.41, 5.74) is 7.06. The molecule has 1 unspecified atom stereocenters. The number of hydrogen-bond acceptors (Lipinski definition) is 2. The van der Waals surface area contributed by atoms with E-state index in [4.69, 9.17) is 0 Å². The Labute approximate surface area is 239 Å². The zero-order chi connectivity index (χ0) is 27.1. The van der Waals surface area contributed by atoms with E-state index in [2.05, 4.69) is 49.5 Å². The quantitative estimate of drug-likeness (QED) is 0.245. The van der Waals surface area contributed by atoms with Crippen LogP contribution in [-0.2, 0) is 19.3 Å². The number of carbonyl (C=O) groups excluding carboxylic acids is 2. The Morgan fingerprint density at radius 2 is 1.77 bits per heavy atom. The minimum atomic E-state index is 0. The molecule has 1 N–H and O–H groups in total. The van der Waals surface area contributed by atoms with E-state index in [0.29, 0.717) is 0 Å². The van der Waals surface area contributed by atoms with E-state index < -0.39 is 0 Å². The summed E-state index contributed by atoms with van der Waals surface area (Å²) in [6, 6.07) is 12.5. The Balaban J connectivity index is 0.00000280. The van der Waals surface area contributed by atoms with Gasteiger partial charge in [0.05, 0.1) is 0 Å². The maximum atomic E-state index is 12.8. The maximum absolute atomic E-state index is 12.8. The second-order valence-electron chi connectivity index (χ2n) is 12.6. The number of carbonyl (C=O) groups is 2. The minimum Gasteiger partial charge on any atom is -0.352 e. The molecule has 2 aromatic carbocycles. The normalized spacial score (nSPS) is 17.8. The number of fused-ring (bicyclic) bond motifs is 2. The number of rotatable bonds is 10. The maximum Gasteiger partial charge on any atom is 0.251 e. The van der Waals surface area contributed by atoms with Gasteiger partial charge < -0.3 is 5.32 Å². The molecule has 1 atom stereocenters. The third-order valence-electron chi connectivity index (χ3n) is 8.51. The van der Waals surface area contributed by atoms with Gasteiger partial charge in [0.1, 0.15) is 0 Å². The second kappa shape index (κ2) is 14.1. The number of benzene rings is 2. The monoisotopic (exact) mass is 531 g/mol. The molecule has 0 saturated heterocycles. The number of aryl methyl sites for hydroxylation is 2. The van der Waals surface area contributed by atoms with Gasteiger partial charge in [-0.15, -0.1) is 0 Å². The van der Waals surface area contributed by atoms with Crippen molar-refractivity contribution in [2.75, 3.05) is 6.54 Å². The van der Waals surface area contributed by atoms with Crippen LogP contribution in [0.1, 0.15) is 131 Å². The van der Waals surface area contributed by atoms with E-state index in [9.17, 15) is 9.59 Å². The van der Waals surface area contributed by atoms with Gasteiger partial charge in [0, 0.05) is 25.0 Å². The van der Waals surface area contributed by atoms with Crippen molar-refractivity contribution in [1.29, 1.82) is 0 Å². The van der Waals surface area contributed by atoms with Crippen molar-refractivity contribution < 1.29 is 11.0 Å². The van der Waals surface area contributed by atoms with Gasteiger partial charge in [-0.05, 0) is 84.2 Å². The van der Waals surface area contributed by atoms with Crippen LogP contribution in [0.3, 0.4) is 0 Å². The molecule has 39 heavy (non-hydrogen) atoms. The van der Waals surface area contributed by atoms with E-state index in [1.54, 1.807) is 0 Å². The Hall–Kier alpha value is -2.68. The molecule has 0 bridgehead atoms. The zero-order valence-corrected chi connectivity index (χ0v) is 24.1. The third-order valence-corrected chi connectivity index (χ3v) is 8.51. The first kappa shape index (κ1) is 30.9. The first-order chi connectivity index (χ1) is 18.2. The van der Waals surface area contributed by atoms with Crippen molar-refractivity contribution in [2.45, 2.75) is 106 Å². The number of amides is 1. The first-order valence-corrected chi connectivity index (χ1v) is 15.0. The molecule has 2 aromatic rings. The molecular formula is C36H53NO2. The van der Waals surface area contributed by atoms with Gasteiger partial charge >= 0.3 is 0 Å². The average Bonchev–Trinajstić information content (AvgIpc) is 2.87. The van der Waals surface area contributed by atoms with E-state index in [1.807, 2.05) is 32.0 Å². The molecule has 3 heteroatoms. The van der Waals surface area contributed by atoms with Crippen LogP contribution < -0.4 is 5.32 Å². The molecular weight excluding hydrogens is 478 g/mol. The Kier molecular flexibility index (Phi) is 11.2. The Bertz CT molecular complexity index is 1160. The lowest BCUT2D eigenvalue weighted by molar-refractivity contribution is 0.0935. The van der Waals surface area contributed by atoms with E-state index in [1.165, 1.54) is 61.6 Å². The van der Waals surface area contributed by atoms with Crippen LogP contribution in [0.25, 0.3) is 6.08 Å². The van der Waals surface area contributed by atoms with Crippen LogP contribution in [0.5, 0.6) is 0 Å². The lowest BCUT2D eigenvalue weighted by Crippen LogP contribution is -2.26. The lowest BCUT2D eigenvalue weighted by Gasteiger charge is -2.27. The molecule has 1 amide bonds. The summed E-state index contributed by atoms with van der Waals surface area (Å²) < 4.78 is 0. The van der Waals surface area contributed by atoms with Gasteiger partial charge in [0.2, 0.25) is 0 Å². The van der Waals surface area contributed by atoms with Crippen LogP contribution in [0.15, 0.2) is 42.5 Å². The molecule has 3 nitrogen and oxygen atoms in total. The van der Waals surface area contributed by atoms with Crippen LogP contribution in [-0.4, -0.2) is 18.2 Å². The predicted molar refractivity (Wildman–Crippen MR) is 168 cm³/mol. The van der Waals surface area contributed by atoms with E-state index >= 15 is 0 Å². The van der Waals surface area contributed by atoms with Crippen LogP contribution in [0.2, 0.25) is 0 Å². The summed E-state index contributed by atoms with van der Waals surface area (Å²) >= 11 is 0. The van der Waals surface area contributed by atoms with Gasteiger partial charge in [-0.1, -0.05) is 104 Å². The topological polar surface area (TPSA) is 46.2 Å². The highest BCUT2D eigenvalue weighted by molar-refractivity contribution is 5.98. The fourth-order valence-electron chi connectivity index (χ4n) is 6.19. The fraction of sp³-hybridized carbons (Fsp3) is 0.556. The highest BCUT2D eigenvalue weighted by Gasteiger charge is 2.23. The molecule has 2 aliphatic carbocycles. The summed E-state index contributed by atoms with van der Waals surface area (Å²) in [5, 5.41) is 3.16. The number of ketones is 1. The number of nitrogens with one attached hydrogen (secondary N) is 1. The molecule has 0 aromatic heterocycles. The van der Waals surface area contributed by atoms with Gasteiger partial charge in [0.25, 0.3) is 5.91 Å². The van der Waals surface area contributed by atoms with Crippen molar-refractivity contribution in [1.82, 2.24) is 5.32 Å². The Morgan fingerprint density at radius 3 is 2.56 bits per heavy atom. The fourth-order valence-corrected chi connectivity index (χ4v) is 6.19. The summed E-state index contributed by atoms with van der Waals surface area (Å²) in [4.78, 5) is 25.2. The lowest BCUT2D eigenvalue weighted by atomic mass is 9.78. The molecule has 214 valence electrons. The van der Waals surface area contributed by atoms with Crippen LogP contribution in [0.4, 0.5) is 0 Å². The van der Waals surface area contributed by atoms with Gasteiger partial charge in [-0.25, -0.2) is 0 Å². The number of unbranched alkanes of at least 4 members (excludes halogenated alkanes) is 3. The van der Waals surface area contributed by atoms with Crippen LogP contribution in [0, 0.1) is 17.3 Å². The first-order valence-electron chi connectivity index (χ1n) is 15.0. The van der Waals surface area contributed by atoms with E-state index in [-0.39, 0.29) is 31.9 Å². The number of Topliss-reactive ketones (excluding diaryl/α,β-unsaturated/α-hetero) is 1. The zero-order valence-electron chi connectivity index (χ0n) is 24.1. The summed E-state index contributed by atoms with van der Waals surface area (Å²) in [6.45, 7) is 9.19. The second-order valence-corrected chi connectivity index (χ2v) is 12.6. The molecule has 0 fully saturated rings. The van der Waals surface area contributed by atoms with Crippen molar-refractivity contribution in [3.63, 3.8) is 0 Å². The van der Waals surface area contributed by atoms with Crippen molar-refractivity contribution in [2.24, 2.45) is 17.3 Å². The average molecular weight is 532 g/mol. The highest BCUT2D eigenvalue weighted by Crippen LogP contribution is 2.33. The van der Waals surface area contributed by atoms with Gasteiger partial charge in [-0.3, -0.25) is 9.59 Å². The standard InChI is InChI=1S/C35H47NO2.CH4.H2/c1-25(2)33(37)29-19-18-27-17-16-26(12-9-13-28(27)23-29)11-7-5-6-8-22-36-34(38)32-15-10-14-30-24-35(3,4)21-20-31(30)32;;/h10,14-15,18-21,23,25-26H,5-9,11-13,16-17,22,24H2,1-4H3,(H,36,38);1H4;1H. The SMILES string of the molecule is C.CC(C)C(=O)c1ccc2c(c1)CCCC(CCCCCCNC(=O)c1cccc3c1C=CC(C)(C)C3)CC2.[HH]. The van der Waals surface area contributed by atoms with Gasteiger partial charge in [0.15, 0.2) is 5.78 Å². The third kappa shape index (κ3) is 8.40. The minimum absolute atomic E-state index is 0. The summed E-state index contributed by atoms with van der Waals surface area (Å²) in [6.07, 6.45) is 17.4. The molecule has 2 aliphatic rings. The highest BCUT2D eigenvalue weighted by atomic mass is 16.1. The molecule has 0 aliphatic heterocycles.